The monoisotopic (exact) mass is 291 g/mol. The number of fused-ring (bicyclic) bond motifs is 1. The van der Waals surface area contributed by atoms with Crippen LogP contribution >= 0.6 is 11.6 Å². The van der Waals surface area contributed by atoms with Gasteiger partial charge in [0.25, 0.3) is 0 Å². The third-order valence-corrected chi connectivity index (χ3v) is 3.62. The van der Waals surface area contributed by atoms with Crippen LogP contribution in [0.25, 0.3) is 10.8 Å². The van der Waals surface area contributed by atoms with E-state index >= 15 is 0 Å². The summed E-state index contributed by atoms with van der Waals surface area (Å²) in [6, 6.07) is 11.5. The maximum atomic E-state index is 12.0. The molecular formula is C16H18ClNO2. The van der Waals surface area contributed by atoms with E-state index in [1.165, 1.54) is 0 Å². The Hall–Kier alpha value is -1.74. The summed E-state index contributed by atoms with van der Waals surface area (Å²) in [6.45, 7) is 2.64. The van der Waals surface area contributed by atoms with Gasteiger partial charge < -0.3 is 10.1 Å². The van der Waals surface area contributed by atoms with Gasteiger partial charge in [-0.25, -0.2) is 0 Å². The topological polar surface area (TPSA) is 38.3 Å². The Kier molecular flexibility index (Phi) is 4.85. The zero-order valence-electron chi connectivity index (χ0n) is 11.7. The van der Waals surface area contributed by atoms with Gasteiger partial charge in [-0.1, -0.05) is 37.3 Å². The van der Waals surface area contributed by atoms with E-state index < -0.39 is 5.38 Å². The number of nitrogens with one attached hydrogen (secondary N) is 1. The molecule has 1 atom stereocenters. The predicted octanol–water partition coefficient (Wildman–Crippen LogP) is 3.65. The number of halogens is 1. The molecule has 0 saturated carbocycles. The van der Waals surface area contributed by atoms with E-state index in [1.807, 2.05) is 43.3 Å². The highest BCUT2D eigenvalue weighted by atomic mass is 35.5. The van der Waals surface area contributed by atoms with Gasteiger partial charge in [0.15, 0.2) is 0 Å². The van der Waals surface area contributed by atoms with Crippen molar-refractivity contribution in [3.8, 4) is 5.75 Å². The van der Waals surface area contributed by atoms with Gasteiger partial charge in [-0.15, -0.1) is 11.6 Å². The Morgan fingerprint density at radius 3 is 2.60 bits per heavy atom. The Morgan fingerprint density at radius 2 is 1.95 bits per heavy atom. The molecule has 0 aliphatic rings. The molecule has 0 spiro atoms. The average Bonchev–Trinajstić information content (AvgIpc) is 2.50. The minimum absolute atomic E-state index is 0.163. The standard InChI is InChI=1S/C16H18ClNO2/c1-3-10-18-16(19)15(17)13-8-9-14(20-2)12-7-5-4-6-11(12)13/h4-9,15H,3,10H2,1-2H3,(H,18,19). The van der Waals surface area contributed by atoms with Gasteiger partial charge >= 0.3 is 0 Å². The first kappa shape index (κ1) is 14.7. The lowest BCUT2D eigenvalue weighted by Gasteiger charge is -2.14. The molecule has 2 aromatic carbocycles. The molecule has 4 heteroatoms. The first-order valence-corrected chi connectivity index (χ1v) is 7.10. The number of carbonyl (C=O) groups is 1. The molecule has 3 nitrogen and oxygen atoms in total. The summed E-state index contributed by atoms with van der Waals surface area (Å²) >= 11 is 6.31. The van der Waals surface area contributed by atoms with Gasteiger partial charge in [0.2, 0.25) is 5.91 Å². The molecule has 1 unspecified atom stereocenters. The normalized spacial score (nSPS) is 12.2. The van der Waals surface area contributed by atoms with Crippen molar-refractivity contribution in [3.63, 3.8) is 0 Å². The molecule has 0 radical (unpaired) electrons. The van der Waals surface area contributed by atoms with Gasteiger partial charge in [-0.3, -0.25) is 4.79 Å². The van der Waals surface area contributed by atoms with Crippen LogP contribution in [0.5, 0.6) is 5.75 Å². The van der Waals surface area contributed by atoms with E-state index in [-0.39, 0.29) is 5.91 Å². The number of carbonyl (C=O) groups excluding carboxylic acids is 1. The molecule has 1 N–H and O–H groups in total. The fourth-order valence-electron chi connectivity index (χ4n) is 2.17. The largest absolute Gasteiger partial charge is 0.496 e. The molecule has 2 rings (SSSR count). The predicted molar refractivity (Wildman–Crippen MR) is 82.4 cm³/mol. The Balaban J connectivity index is 2.42. The van der Waals surface area contributed by atoms with Crippen LogP contribution < -0.4 is 10.1 Å². The maximum absolute atomic E-state index is 12.0. The summed E-state index contributed by atoms with van der Waals surface area (Å²) in [5.74, 6) is 0.617. The van der Waals surface area contributed by atoms with E-state index in [0.717, 1.165) is 28.5 Å². The lowest BCUT2D eigenvalue weighted by Crippen LogP contribution is -2.27. The number of hydrogen-bond acceptors (Lipinski definition) is 2. The second-order valence-corrected chi connectivity index (χ2v) is 4.99. The molecule has 0 aromatic heterocycles. The highest BCUT2D eigenvalue weighted by Gasteiger charge is 2.20. The quantitative estimate of drug-likeness (QED) is 0.854. The summed E-state index contributed by atoms with van der Waals surface area (Å²) in [6.07, 6.45) is 0.888. The highest BCUT2D eigenvalue weighted by molar-refractivity contribution is 6.31. The first-order valence-electron chi connectivity index (χ1n) is 6.66. The van der Waals surface area contributed by atoms with E-state index in [9.17, 15) is 4.79 Å². The summed E-state index contributed by atoms with van der Waals surface area (Å²) in [4.78, 5) is 12.0. The van der Waals surface area contributed by atoms with Crippen LogP contribution in [0.2, 0.25) is 0 Å². The van der Waals surface area contributed by atoms with Crippen LogP contribution in [-0.2, 0) is 4.79 Å². The second kappa shape index (κ2) is 6.62. The molecule has 0 aliphatic heterocycles. The van der Waals surface area contributed by atoms with E-state index in [0.29, 0.717) is 6.54 Å². The number of alkyl halides is 1. The summed E-state index contributed by atoms with van der Waals surface area (Å²) in [5, 5.41) is 4.03. The molecule has 1 amide bonds. The van der Waals surface area contributed by atoms with Crippen molar-refractivity contribution in [1.29, 1.82) is 0 Å². The van der Waals surface area contributed by atoms with Crippen LogP contribution in [0.3, 0.4) is 0 Å². The van der Waals surface area contributed by atoms with Crippen molar-refractivity contribution in [2.45, 2.75) is 18.7 Å². The number of amides is 1. The fraction of sp³-hybridized carbons (Fsp3) is 0.312. The minimum Gasteiger partial charge on any atom is -0.496 e. The van der Waals surface area contributed by atoms with Crippen molar-refractivity contribution in [2.75, 3.05) is 13.7 Å². The minimum atomic E-state index is -0.697. The van der Waals surface area contributed by atoms with Crippen LogP contribution in [0, 0.1) is 0 Å². The third kappa shape index (κ3) is 2.88. The summed E-state index contributed by atoms with van der Waals surface area (Å²) in [5.41, 5.74) is 0.802. The molecule has 0 aliphatic carbocycles. The van der Waals surface area contributed by atoms with Crippen molar-refractivity contribution in [1.82, 2.24) is 5.32 Å². The smallest absolute Gasteiger partial charge is 0.242 e. The third-order valence-electron chi connectivity index (χ3n) is 3.19. The van der Waals surface area contributed by atoms with Crippen LogP contribution in [0.4, 0.5) is 0 Å². The lowest BCUT2D eigenvalue weighted by atomic mass is 10.0. The fourth-order valence-corrected chi connectivity index (χ4v) is 2.44. The Labute approximate surface area is 123 Å². The van der Waals surface area contributed by atoms with Gasteiger partial charge in [0, 0.05) is 11.9 Å². The summed E-state index contributed by atoms with van der Waals surface area (Å²) < 4.78 is 5.34. The van der Waals surface area contributed by atoms with Gasteiger partial charge in [0.1, 0.15) is 11.1 Å². The maximum Gasteiger partial charge on any atom is 0.242 e. The number of rotatable bonds is 5. The molecule has 0 heterocycles. The first-order chi connectivity index (χ1) is 9.69. The average molecular weight is 292 g/mol. The molecule has 0 bridgehead atoms. The molecular weight excluding hydrogens is 274 g/mol. The highest BCUT2D eigenvalue weighted by Crippen LogP contribution is 2.33. The van der Waals surface area contributed by atoms with Crippen molar-refractivity contribution < 1.29 is 9.53 Å². The van der Waals surface area contributed by atoms with Gasteiger partial charge in [-0.05, 0) is 23.4 Å². The van der Waals surface area contributed by atoms with Crippen molar-refractivity contribution >= 4 is 28.3 Å². The second-order valence-electron chi connectivity index (χ2n) is 4.56. The van der Waals surface area contributed by atoms with Gasteiger partial charge in [0.05, 0.1) is 7.11 Å². The van der Waals surface area contributed by atoms with E-state index in [2.05, 4.69) is 5.32 Å². The van der Waals surface area contributed by atoms with E-state index in [1.54, 1.807) is 7.11 Å². The van der Waals surface area contributed by atoms with Crippen molar-refractivity contribution in [2.24, 2.45) is 0 Å². The number of methoxy groups -OCH3 is 1. The SMILES string of the molecule is CCCNC(=O)C(Cl)c1ccc(OC)c2ccccc12. The molecule has 0 fully saturated rings. The van der Waals surface area contributed by atoms with Crippen LogP contribution in [0.15, 0.2) is 36.4 Å². The lowest BCUT2D eigenvalue weighted by molar-refractivity contribution is -0.120. The zero-order valence-corrected chi connectivity index (χ0v) is 12.4. The molecule has 2 aromatic rings. The summed E-state index contributed by atoms with van der Waals surface area (Å²) in [7, 11) is 1.63. The number of hydrogen-bond donors (Lipinski definition) is 1. The molecule has 20 heavy (non-hydrogen) atoms. The Morgan fingerprint density at radius 1 is 1.25 bits per heavy atom. The molecule has 106 valence electrons. The number of ether oxygens (including phenoxy) is 1. The molecule has 0 saturated heterocycles. The van der Waals surface area contributed by atoms with E-state index in [4.69, 9.17) is 16.3 Å². The van der Waals surface area contributed by atoms with Gasteiger partial charge in [-0.2, -0.15) is 0 Å². The Bertz CT molecular complexity index is 612. The van der Waals surface area contributed by atoms with Crippen LogP contribution in [0.1, 0.15) is 24.3 Å². The van der Waals surface area contributed by atoms with Crippen molar-refractivity contribution in [3.05, 3.63) is 42.0 Å². The number of benzene rings is 2. The van der Waals surface area contributed by atoms with Crippen LogP contribution in [-0.4, -0.2) is 19.6 Å². The zero-order chi connectivity index (χ0) is 14.5.